The van der Waals surface area contributed by atoms with Crippen LogP contribution in [0, 0.1) is 5.92 Å². The van der Waals surface area contributed by atoms with E-state index in [0.717, 1.165) is 5.92 Å². The van der Waals surface area contributed by atoms with E-state index >= 15 is 0 Å². The Bertz CT molecular complexity index is 405. The lowest BCUT2D eigenvalue weighted by atomic mass is 9.81. The van der Waals surface area contributed by atoms with E-state index in [2.05, 4.69) is 35.8 Å². The molecule has 2 heteroatoms. The Morgan fingerprint density at radius 2 is 1.80 bits per heavy atom. The first kappa shape index (κ1) is 14.1. The summed E-state index contributed by atoms with van der Waals surface area (Å²) in [6.07, 6.45) is 12.4. The predicted octanol–water partition coefficient (Wildman–Crippen LogP) is 3.91. The van der Waals surface area contributed by atoms with E-state index in [9.17, 15) is 0 Å². The summed E-state index contributed by atoms with van der Waals surface area (Å²) in [6, 6.07) is 11.4. The van der Waals surface area contributed by atoms with Crippen LogP contribution in [0.4, 0.5) is 0 Å². The summed E-state index contributed by atoms with van der Waals surface area (Å²) in [6.45, 7) is 0. The molecule has 1 unspecified atom stereocenters. The van der Waals surface area contributed by atoms with Crippen molar-refractivity contribution in [3.63, 3.8) is 0 Å². The highest BCUT2D eigenvalue weighted by Crippen LogP contribution is 2.52. The molecule has 3 rings (SSSR count). The van der Waals surface area contributed by atoms with Gasteiger partial charge in [0.15, 0.2) is 0 Å². The maximum absolute atomic E-state index is 5.90. The van der Waals surface area contributed by atoms with Crippen LogP contribution in [-0.2, 0) is 5.41 Å². The number of nitrogens with two attached hydrogens (primary N) is 1. The first-order valence-corrected chi connectivity index (χ1v) is 8.37. The van der Waals surface area contributed by atoms with Crippen LogP contribution in [-0.4, -0.2) is 6.04 Å². The second kappa shape index (κ2) is 6.28. The highest BCUT2D eigenvalue weighted by molar-refractivity contribution is 5.33. The van der Waals surface area contributed by atoms with Crippen LogP contribution in [0.25, 0.3) is 0 Å². The second-order valence-electron chi connectivity index (χ2n) is 6.82. The zero-order valence-electron chi connectivity index (χ0n) is 12.5. The van der Waals surface area contributed by atoms with Gasteiger partial charge in [-0.25, -0.2) is 0 Å². The zero-order chi connectivity index (χ0) is 13.8. The topological polar surface area (TPSA) is 38.0 Å². The largest absolute Gasteiger partial charge is 0.271 e. The molecule has 0 radical (unpaired) electrons. The van der Waals surface area contributed by atoms with Gasteiger partial charge in [-0.15, -0.1) is 0 Å². The lowest BCUT2D eigenvalue weighted by Gasteiger charge is -2.29. The van der Waals surface area contributed by atoms with Gasteiger partial charge in [-0.05, 0) is 37.2 Å². The van der Waals surface area contributed by atoms with Crippen molar-refractivity contribution in [3.8, 4) is 0 Å². The molecule has 1 aromatic rings. The van der Waals surface area contributed by atoms with Gasteiger partial charge in [0.05, 0.1) is 0 Å². The van der Waals surface area contributed by atoms with Crippen molar-refractivity contribution in [2.45, 2.75) is 69.2 Å². The van der Waals surface area contributed by atoms with Crippen LogP contribution in [0.3, 0.4) is 0 Å². The standard InChI is InChI=1S/C18H28N2/c19-20-17(12-11-15-7-3-1-4-8-15)18(13-14-18)16-9-5-2-6-10-16/h2,5-6,9-10,15,17,20H,1,3-4,7-8,11-14,19H2. The molecule has 2 saturated carbocycles. The third kappa shape index (κ3) is 2.91. The summed E-state index contributed by atoms with van der Waals surface area (Å²) in [4.78, 5) is 0. The van der Waals surface area contributed by atoms with Gasteiger partial charge < -0.3 is 0 Å². The Kier molecular flexibility index (Phi) is 4.42. The molecule has 1 atom stereocenters. The van der Waals surface area contributed by atoms with Crippen molar-refractivity contribution < 1.29 is 0 Å². The van der Waals surface area contributed by atoms with Gasteiger partial charge in [0.25, 0.3) is 0 Å². The fourth-order valence-corrected chi connectivity index (χ4v) is 4.14. The van der Waals surface area contributed by atoms with Crippen molar-refractivity contribution in [2.24, 2.45) is 11.8 Å². The van der Waals surface area contributed by atoms with Crippen molar-refractivity contribution >= 4 is 0 Å². The van der Waals surface area contributed by atoms with Crippen LogP contribution >= 0.6 is 0 Å². The van der Waals surface area contributed by atoms with E-state index in [4.69, 9.17) is 5.84 Å². The normalized spacial score (nSPS) is 23.4. The smallest absolute Gasteiger partial charge is 0.0307 e. The van der Waals surface area contributed by atoms with Crippen LogP contribution in [0.15, 0.2) is 30.3 Å². The lowest BCUT2D eigenvalue weighted by Crippen LogP contribution is -2.44. The van der Waals surface area contributed by atoms with Crippen LogP contribution < -0.4 is 11.3 Å². The Hall–Kier alpha value is -0.860. The fourth-order valence-electron chi connectivity index (χ4n) is 4.14. The number of rotatable bonds is 6. The summed E-state index contributed by atoms with van der Waals surface area (Å²) >= 11 is 0. The first-order valence-electron chi connectivity index (χ1n) is 8.37. The molecule has 2 aliphatic carbocycles. The van der Waals surface area contributed by atoms with E-state index in [1.165, 1.54) is 63.4 Å². The minimum atomic E-state index is 0.324. The summed E-state index contributed by atoms with van der Waals surface area (Å²) in [5, 5.41) is 0. The maximum atomic E-state index is 5.90. The van der Waals surface area contributed by atoms with E-state index in [0.29, 0.717) is 11.5 Å². The SMILES string of the molecule is NNC(CCC1CCCCC1)C1(c2ccccc2)CC1. The molecule has 2 aliphatic rings. The molecular formula is C18H28N2. The van der Waals surface area contributed by atoms with Gasteiger partial charge >= 0.3 is 0 Å². The highest BCUT2D eigenvalue weighted by atomic mass is 15.2. The van der Waals surface area contributed by atoms with E-state index < -0.39 is 0 Å². The third-order valence-corrected chi connectivity index (χ3v) is 5.59. The van der Waals surface area contributed by atoms with Crippen LogP contribution in [0.1, 0.15) is 63.4 Å². The van der Waals surface area contributed by atoms with Gasteiger partial charge in [-0.3, -0.25) is 11.3 Å². The molecule has 20 heavy (non-hydrogen) atoms. The van der Waals surface area contributed by atoms with Gasteiger partial charge in [0.2, 0.25) is 0 Å². The van der Waals surface area contributed by atoms with E-state index in [1.807, 2.05) is 0 Å². The summed E-state index contributed by atoms with van der Waals surface area (Å²) in [7, 11) is 0. The minimum Gasteiger partial charge on any atom is -0.271 e. The highest BCUT2D eigenvalue weighted by Gasteiger charge is 2.50. The number of hydrazine groups is 1. The maximum Gasteiger partial charge on any atom is 0.0307 e. The molecular weight excluding hydrogens is 244 g/mol. The number of hydrogen-bond acceptors (Lipinski definition) is 2. The molecule has 0 bridgehead atoms. The summed E-state index contributed by atoms with van der Waals surface area (Å²) < 4.78 is 0. The molecule has 3 N–H and O–H groups in total. The van der Waals surface area contributed by atoms with E-state index in [-0.39, 0.29) is 0 Å². The molecule has 1 aromatic carbocycles. The third-order valence-electron chi connectivity index (χ3n) is 5.59. The molecule has 0 aliphatic heterocycles. The van der Waals surface area contributed by atoms with Crippen molar-refractivity contribution in [1.29, 1.82) is 0 Å². The Morgan fingerprint density at radius 1 is 1.10 bits per heavy atom. The van der Waals surface area contributed by atoms with Crippen molar-refractivity contribution in [1.82, 2.24) is 5.43 Å². The first-order chi connectivity index (χ1) is 9.85. The average molecular weight is 272 g/mol. The predicted molar refractivity (Wildman–Crippen MR) is 84.3 cm³/mol. The van der Waals surface area contributed by atoms with Gasteiger partial charge in [0.1, 0.15) is 0 Å². The summed E-state index contributed by atoms with van der Waals surface area (Å²) in [5.74, 6) is 6.85. The number of nitrogens with one attached hydrogen (secondary N) is 1. The van der Waals surface area contributed by atoms with Crippen molar-refractivity contribution in [3.05, 3.63) is 35.9 Å². The quantitative estimate of drug-likeness (QED) is 0.608. The van der Waals surface area contributed by atoms with E-state index in [1.54, 1.807) is 0 Å². The Balaban J connectivity index is 1.61. The fraction of sp³-hybridized carbons (Fsp3) is 0.667. The molecule has 0 spiro atoms. The molecule has 0 amide bonds. The molecule has 0 heterocycles. The monoisotopic (exact) mass is 272 g/mol. The molecule has 0 aromatic heterocycles. The van der Waals surface area contributed by atoms with Gasteiger partial charge in [0, 0.05) is 11.5 Å². The second-order valence-corrected chi connectivity index (χ2v) is 6.82. The number of benzene rings is 1. The number of hydrogen-bond donors (Lipinski definition) is 2. The Morgan fingerprint density at radius 3 is 2.40 bits per heavy atom. The van der Waals surface area contributed by atoms with Gasteiger partial charge in [-0.2, -0.15) is 0 Å². The van der Waals surface area contributed by atoms with Gasteiger partial charge in [-0.1, -0.05) is 62.4 Å². The van der Waals surface area contributed by atoms with Crippen LogP contribution in [0.5, 0.6) is 0 Å². The summed E-state index contributed by atoms with van der Waals surface area (Å²) in [5.41, 5.74) is 4.95. The molecule has 110 valence electrons. The minimum absolute atomic E-state index is 0.324. The lowest BCUT2D eigenvalue weighted by molar-refractivity contribution is 0.295. The molecule has 2 nitrogen and oxygen atoms in total. The zero-order valence-corrected chi connectivity index (χ0v) is 12.5. The Labute approximate surface area is 123 Å². The molecule has 2 fully saturated rings. The average Bonchev–Trinajstić information content (AvgIpc) is 3.32. The molecule has 0 saturated heterocycles. The van der Waals surface area contributed by atoms with Crippen LogP contribution in [0.2, 0.25) is 0 Å². The van der Waals surface area contributed by atoms with Crippen molar-refractivity contribution in [2.75, 3.05) is 0 Å².